The van der Waals surface area contributed by atoms with Crippen LogP contribution in [-0.4, -0.2) is 43.3 Å². The van der Waals surface area contributed by atoms with E-state index >= 15 is 0 Å². The summed E-state index contributed by atoms with van der Waals surface area (Å²) in [5.74, 6) is 0.299. The fourth-order valence-electron chi connectivity index (χ4n) is 3.11. The van der Waals surface area contributed by atoms with Crippen LogP contribution in [-0.2, 0) is 12.2 Å². The summed E-state index contributed by atoms with van der Waals surface area (Å²) in [5.41, 5.74) is 0.254. The fraction of sp³-hybridized carbons (Fsp3) is 0.316. The summed E-state index contributed by atoms with van der Waals surface area (Å²) >= 11 is 0. The summed E-state index contributed by atoms with van der Waals surface area (Å²) < 4.78 is 25.5. The molecule has 0 amide bonds. The van der Waals surface area contributed by atoms with Gasteiger partial charge in [0.25, 0.3) is 0 Å². The van der Waals surface area contributed by atoms with E-state index in [1.165, 1.54) is 12.1 Å². The van der Waals surface area contributed by atoms with Crippen molar-refractivity contribution < 1.29 is 23.8 Å². The molecule has 1 heterocycles. The smallest absolute Gasteiger partial charge is 0.335 e. The summed E-state index contributed by atoms with van der Waals surface area (Å²) in [5, 5.41) is 8.91. The number of nitrogens with zero attached hydrogens (tertiary/aromatic N) is 1. The summed E-state index contributed by atoms with van der Waals surface area (Å²) in [4.78, 5) is 12.9. The molecule has 1 N–H and O–H groups in total. The first-order valence-electron chi connectivity index (χ1n) is 7.91. The van der Waals surface area contributed by atoms with E-state index in [9.17, 15) is 9.18 Å². The summed E-state index contributed by atoms with van der Waals surface area (Å²) in [6, 6.07) is 11.6. The van der Waals surface area contributed by atoms with Gasteiger partial charge in [0, 0.05) is 19.6 Å². The SMILES string of the molecule is COc1ccc(CN2CC(F)(c3ccc(C(=O)O)cc3)C2)cc1OC. The van der Waals surface area contributed by atoms with E-state index in [0.29, 0.717) is 23.6 Å². The second-order valence-electron chi connectivity index (χ2n) is 6.18. The van der Waals surface area contributed by atoms with Crippen LogP contribution in [0.15, 0.2) is 42.5 Å². The molecule has 132 valence electrons. The number of carbonyl (C=O) groups is 1. The molecule has 0 unspecified atom stereocenters. The van der Waals surface area contributed by atoms with E-state index in [2.05, 4.69) is 0 Å². The van der Waals surface area contributed by atoms with Gasteiger partial charge in [-0.15, -0.1) is 0 Å². The zero-order chi connectivity index (χ0) is 18.0. The Labute approximate surface area is 145 Å². The van der Waals surface area contributed by atoms with Crippen molar-refractivity contribution in [2.24, 2.45) is 0 Å². The number of ether oxygens (including phenoxy) is 2. The number of hydrogen-bond donors (Lipinski definition) is 1. The Hall–Kier alpha value is -2.60. The Morgan fingerprint density at radius 3 is 2.32 bits per heavy atom. The van der Waals surface area contributed by atoms with Crippen molar-refractivity contribution in [3.05, 3.63) is 59.2 Å². The molecule has 2 aromatic carbocycles. The number of hydrogen-bond acceptors (Lipinski definition) is 4. The van der Waals surface area contributed by atoms with Crippen LogP contribution >= 0.6 is 0 Å². The minimum atomic E-state index is -1.44. The van der Waals surface area contributed by atoms with Crippen molar-refractivity contribution in [2.75, 3.05) is 27.3 Å². The number of alkyl halides is 1. The average Bonchev–Trinajstić information content (AvgIpc) is 2.60. The molecular weight excluding hydrogens is 325 g/mol. The Bertz CT molecular complexity index is 769. The third-order valence-corrected chi connectivity index (χ3v) is 4.45. The lowest BCUT2D eigenvalue weighted by Gasteiger charge is -2.45. The van der Waals surface area contributed by atoms with Crippen LogP contribution in [0.4, 0.5) is 4.39 Å². The molecule has 1 aliphatic heterocycles. The van der Waals surface area contributed by atoms with Crippen LogP contribution in [0.2, 0.25) is 0 Å². The third kappa shape index (κ3) is 3.44. The van der Waals surface area contributed by atoms with Crippen LogP contribution in [0.1, 0.15) is 21.5 Å². The van der Waals surface area contributed by atoms with Crippen molar-refractivity contribution >= 4 is 5.97 Å². The van der Waals surface area contributed by atoms with Crippen molar-refractivity contribution in [3.8, 4) is 11.5 Å². The lowest BCUT2D eigenvalue weighted by Crippen LogP contribution is -2.55. The molecule has 1 aliphatic rings. The molecule has 0 spiro atoms. The Morgan fingerprint density at radius 2 is 1.76 bits per heavy atom. The number of benzene rings is 2. The van der Waals surface area contributed by atoms with Gasteiger partial charge in [0.1, 0.15) is 0 Å². The molecule has 25 heavy (non-hydrogen) atoms. The average molecular weight is 345 g/mol. The zero-order valence-corrected chi connectivity index (χ0v) is 14.2. The van der Waals surface area contributed by atoms with E-state index in [0.717, 1.165) is 5.56 Å². The number of carboxylic acids is 1. The van der Waals surface area contributed by atoms with Gasteiger partial charge < -0.3 is 14.6 Å². The molecule has 3 rings (SSSR count). The van der Waals surface area contributed by atoms with E-state index in [1.54, 1.807) is 26.4 Å². The highest BCUT2D eigenvalue weighted by molar-refractivity contribution is 5.87. The zero-order valence-electron chi connectivity index (χ0n) is 14.2. The first-order chi connectivity index (χ1) is 11.9. The number of methoxy groups -OCH3 is 2. The van der Waals surface area contributed by atoms with Crippen LogP contribution < -0.4 is 9.47 Å². The van der Waals surface area contributed by atoms with Crippen molar-refractivity contribution in [1.82, 2.24) is 4.90 Å². The van der Waals surface area contributed by atoms with Gasteiger partial charge in [-0.2, -0.15) is 0 Å². The standard InChI is InChI=1S/C19H20FNO4/c1-24-16-8-3-13(9-17(16)25-2)10-21-11-19(20,12-21)15-6-4-14(5-7-15)18(22)23/h3-9H,10-12H2,1-2H3,(H,22,23). The Balaban J connectivity index is 1.64. The lowest BCUT2D eigenvalue weighted by molar-refractivity contribution is -0.0417. The molecule has 6 heteroatoms. The number of rotatable bonds is 6. The number of likely N-dealkylation sites (tertiary alicyclic amines) is 1. The lowest BCUT2D eigenvalue weighted by atomic mass is 9.87. The first kappa shape index (κ1) is 17.2. The first-order valence-corrected chi connectivity index (χ1v) is 7.91. The van der Waals surface area contributed by atoms with E-state index in [1.807, 2.05) is 23.1 Å². The second-order valence-corrected chi connectivity index (χ2v) is 6.18. The van der Waals surface area contributed by atoms with Gasteiger partial charge in [0.05, 0.1) is 19.8 Å². The highest BCUT2D eigenvalue weighted by atomic mass is 19.1. The number of aromatic carboxylic acids is 1. The summed E-state index contributed by atoms with van der Waals surface area (Å²) in [6.45, 7) is 1.15. The Kier molecular flexibility index (Phi) is 4.63. The van der Waals surface area contributed by atoms with Crippen LogP contribution in [0.3, 0.4) is 0 Å². The second kappa shape index (κ2) is 6.72. The highest BCUT2D eigenvalue weighted by Gasteiger charge is 2.44. The maximum absolute atomic E-state index is 15.0. The van der Waals surface area contributed by atoms with Gasteiger partial charge in [-0.1, -0.05) is 18.2 Å². The quantitative estimate of drug-likeness (QED) is 0.872. The summed E-state index contributed by atoms with van der Waals surface area (Å²) in [6.07, 6.45) is 0. The molecule has 2 aromatic rings. The van der Waals surface area contributed by atoms with Gasteiger partial charge >= 0.3 is 5.97 Å². The third-order valence-electron chi connectivity index (χ3n) is 4.45. The molecule has 0 atom stereocenters. The largest absolute Gasteiger partial charge is 0.493 e. The monoisotopic (exact) mass is 345 g/mol. The predicted octanol–water partition coefficient (Wildman–Crippen LogP) is 3.08. The predicted molar refractivity (Wildman–Crippen MR) is 91.0 cm³/mol. The fourth-order valence-corrected chi connectivity index (χ4v) is 3.11. The van der Waals surface area contributed by atoms with E-state index in [4.69, 9.17) is 14.6 Å². The summed E-state index contributed by atoms with van der Waals surface area (Å²) in [7, 11) is 3.17. The van der Waals surface area contributed by atoms with Gasteiger partial charge in [-0.3, -0.25) is 4.90 Å². The topological polar surface area (TPSA) is 59.0 Å². The molecular formula is C19H20FNO4. The molecule has 5 nitrogen and oxygen atoms in total. The molecule has 0 radical (unpaired) electrons. The maximum atomic E-state index is 15.0. The van der Waals surface area contributed by atoms with Crippen LogP contribution in [0, 0.1) is 0 Å². The van der Waals surface area contributed by atoms with Gasteiger partial charge in [-0.05, 0) is 35.4 Å². The Morgan fingerprint density at radius 1 is 1.12 bits per heavy atom. The minimum absolute atomic E-state index is 0.161. The van der Waals surface area contributed by atoms with Crippen LogP contribution in [0.5, 0.6) is 11.5 Å². The van der Waals surface area contributed by atoms with Crippen molar-refractivity contribution in [3.63, 3.8) is 0 Å². The number of carboxylic acid groups (broad SMARTS) is 1. The van der Waals surface area contributed by atoms with Gasteiger partial charge in [0.15, 0.2) is 17.2 Å². The minimum Gasteiger partial charge on any atom is -0.493 e. The van der Waals surface area contributed by atoms with Crippen molar-refractivity contribution in [2.45, 2.75) is 12.2 Å². The van der Waals surface area contributed by atoms with Gasteiger partial charge in [-0.25, -0.2) is 9.18 Å². The van der Waals surface area contributed by atoms with Crippen LogP contribution in [0.25, 0.3) is 0 Å². The molecule has 0 aromatic heterocycles. The van der Waals surface area contributed by atoms with E-state index in [-0.39, 0.29) is 18.7 Å². The molecule has 1 fully saturated rings. The van der Waals surface area contributed by atoms with E-state index < -0.39 is 11.6 Å². The normalized spacial score (nSPS) is 16.1. The van der Waals surface area contributed by atoms with Gasteiger partial charge in [0.2, 0.25) is 0 Å². The molecule has 0 saturated carbocycles. The molecule has 1 saturated heterocycles. The maximum Gasteiger partial charge on any atom is 0.335 e. The van der Waals surface area contributed by atoms with Crippen molar-refractivity contribution in [1.29, 1.82) is 0 Å². The number of halogens is 1. The molecule has 0 bridgehead atoms. The highest BCUT2D eigenvalue weighted by Crippen LogP contribution is 2.37. The molecule has 0 aliphatic carbocycles.